The van der Waals surface area contributed by atoms with Gasteiger partial charge in [0.25, 0.3) is 0 Å². The highest BCUT2D eigenvalue weighted by Crippen LogP contribution is 2.19. The van der Waals surface area contributed by atoms with Crippen LogP contribution in [-0.4, -0.2) is 23.7 Å². The molecule has 3 nitrogen and oxygen atoms in total. The quantitative estimate of drug-likeness (QED) is 0.689. The summed E-state index contributed by atoms with van der Waals surface area (Å²) in [5.41, 5.74) is 7.64. The smallest absolute Gasteiger partial charge is 0.237 e. The molecule has 0 saturated heterocycles. The number of thioether (sulfide) groups is 1. The lowest BCUT2D eigenvalue weighted by atomic mass is 9.95. The van der Waals surface area contributed by atoms with Crippen molar-refractivity contribution in [1.29, 1.82) is 0 Å². The molecule has 0 aliphatic heterocycles. The Kier molecular flexibility index (Phi) is 7.10. The predicted octanol–water partition coefficient (Wildman–Crippen LogP) is 2.86. The predicted molar refractivity (Wildman–Crippen MR) is 87.9 cm³/mol. The molecule has 0 saturated carbocycles. The molecular weight excluding hydrogens is 268 g/mol. The molecule has 0 aromatic heterocycles. The second-order valence-electron chi connectivity index (χ2n) is 5.31. The standard InChI is InChI=1S/C16H26N2OS/c1-4-18-16(3,15(17)19)10-7-11-20-12-14-9-6-5-8-13(14)2/h5-6,8-9,18H,4,7,10-12H2,1-3H3,(H2,17,19). The summed E-state index contributed by atoms with van der Waals surface area (Å²) in [6.45, 7) is 6.79. The zero-order valence-corrected chi connectivity index (χ0v) is 13.6. The van der Waals surface area contributed by atoms with Crippen LogP contribution in [0.4, 0.5) is 0 Å². The van der Waals surface area contributed by atoms with E-state index in [1.807, 2.05) is 25.6 Å². The van der Waals surface area contributed by atoms with Crippen molar-refractivity contribution in [1.82, 2.24) is 5.32 Å². The average molecular weight is 294 g/mol. The van der Waals surface area contributed by atoms with Crippen molar-refractivity contribution in [3.8, 4) is 0 Å². The highest BCUT2D eigenvalue weighted by atomic mass is 32.2. The lowest BCUT2D eigenvalue weighted by Crippen LogP contribution is -2.53. The molecule has 0 heterocycles. The summed E-state index contributed by atoms with van der Waals surface area (Å²) < 4.78 is 0. The molecule has 3 N–H and O–H groups in total. The maximum Gasteiger partial charge on any atom is 0.237 e. The summed E-state index contributed by atoms with van der Waals surface area (Å²) in [6, 6.07) is 8.47. The van der Waals surface area contributed by atoms with Crippen molar-refractivity contribution in [2.75, 3.05) is 12.3 Å². The van der Waals surface area contributed by atoms with Gasteiger partial charge in [0, 0.05) is 5.75 Å². The van der Waals surface area contributed by atoms with Gasteiger partial charge in [0.1, 0.15) is 0 Å². The largest absolute Gasteiger partial charge is 0.368 e. The Labute approximate surface area is 126 Å². The number of carbonyl (C=O) groups is 1. The summed E-state index contributed by atoms with van der Waals surface area (Å²) >= 11 is 1.91. The van der Waals surface area contributed by atoms with E-state index in [2.05, 4.69) is 36.5 Å². The van der Waals surface area contributed by atoms with E-state index >= 15 is 0 Å². The maximum atomic E-state index is 11.5. The van der Waals surface area contributed by atoms with E-state index in [9.17, 15) is 4.79 Å². The van der Waals surface area contributed by atoms with E-state index in [4.69, 9.17) is 5.73 Å². The van der Waals surface area contributed by atoms with Crippen LogP contribution in [0, 0.1) is 6.92 Å². The van der Waals surface area contributed by atoms with Crippen LogP contribution in [0.1, 0.15) is 37.8 Å². The van der Waals surface area contributed by atoms with Crippen molar-refractivity contribution in [3.63, 3.8) is 0 Å². The summed E-state index contributed by atoms with van der Waals surface area (Å²) in [5, 5.41) is 3.19. The van der Waals surface area contributed by atoms with Gasteiger partial charge in [-0.15, -0.1) is 0 Å². The van der Waals surface area contributed by atoms with E-state index in [-0.39, 0.29) is 5.91 Å². The number of likely N-dealkylation sites (N-methyl/N-ethyl adjacent to an activating group) is 1. The SMILES string of the molecule is CCNC(C)(CCCSCc1ccccc1C)C(N)=O. The van der Waals surface area contributed by atoms with Crippen molar-refractivity contribution < 1.29 is 4.79 Å². The van der Waals surface area contributed by atoms with Gasteiger partial charge < -0.3 is 11.1 Å². The first-order chi connectivity index (χ1) is 9.49. The lowest BCUT2D eigenvalue weighted by Gasteiger charge is -2.26. The van der Waals surface area contributed by atoms with Gasteiger partial charge in [0.05, 0.1) is 5.54 Å². The van der Waals surface area contributed by atoms with E-state index in [1.165, 1.54) is 11.1 Å². The van der Waals surface area contributed by atoms with Gasteiger partial charge in [-0.1, -0.05) is 31.2 Å². The minimum absolute atomic E-state index is 0.261. The summed E-state index contributed by atoms with van der Waals surface area (Å²) in [7, 11) is 0. The Bertz CT molecular complexity index is 436. The fourth-order valence-corrected chi connectivity index (χ4v) is 3.21. The highest BCUT2D eigenvalue weighted by molar-refractivity contribution is 7.98. The van der Waals surface area contributed by atoms with E-state index in [1.54, 1.807) is 0 Å². The van der Waals surface area contributed by atoms with E-state index in [0.29, 0.717) is 0 Å². The van der Waals surface area contributed by atoms with E-state index < -0.39 is 5.54 Å². The Hall–Kier alpha value is -1.00. The molecule has 1 unspecified atom stereocenters. The molecule has 4 heteroatoms. The Morgan fingerprint density at radius 1 is 1.40 bits per heavy atom. The molecule has 1 rings (SSSR count). The van der Waals surface area contributed by atoms with Crippen molar-refractivity contribution in [3.05, 3.63) is 35.4 Å². The molecule has 0 spiro atoms. The third-order valence-corrected chi connectivity index (χ3v) is 4.69. The molecule has 1 amide bonds. The third-order valence-electron chi connectivity index (χ3n) is 3.60. The minimum atomic E-state index is -0.571. The number of nitrogens with two attached hydrogens (primary N) is 1. The minimum Gasteiger partial charge on any atom is -0.368 e. The van der Waals surface area contributed by atoms with Crippen LogP contribution >= 0.6 is 11.8 Å². The number of carbonyl (C=O) groups excluding carboxylic acids is 1. The number of amides is 1. The zero-order chi connectivity index (χ0) is 15.0. The van der Waals surface area contributed by atoms with E-state index in [0.717, 1.165) is 30.9 Å². The molecule has 0 aliphatic rings. The average Bonchev–Trinajstić information content (AvgIpc) is 2.40. The van der Waals surface area contributed by atoms with Crippen LogP contribution in [0.2, 0.25) is 0 Å². The molecule has 20 heavy (non-hydrogen) atoms. The monoisotopic (exact) mass is 294 g/mol. The summed E-state index contributed by atoms with van der Waals surface area (Å²) in [4.78, 5) is 11.5. The number of primary amides is 1. The number of rotatable bonds is 9. The summed E-state index contributed by atoms with van der Waals surface area (Å²) in [6.07, 6.45) is 1.78. The zero-order valence-electron chi connectivity index (χ0n) is 12.7. The van der Waals surface area contributed by atoms with Crippen molar-refractivity contribution in [2.45, 2.75) is 44.9 Å². The number of benzene rings is 1. The molecule has 1 atom stereocenters. The molecule has 1 aromatic rings. The van der Waals surface area contributed by atoms with Gasteiger partial charge in [-0.05, 0) is 50.1 Å². The first kappa shape index (κ1) is 17.1. The molecular formula is C16H26N2OS. The lowest BCUT2D eigenvalue weighted by molar-refractivity contribution is -0.124. The van der Waals surface area contributed by atoms with Gasteiger partial charge in [-0.2, -0.15) is 11.8 Å². The normalized spacial score (nSPS) is 13.9. The summed E-state index contributed by atoms with van der Waals surface area (Å²) in [5.74, 6) is 1.81. The molecule has 1 aromatic carbocycles. The van der Waals surface area contributed by atoms with Crippen molar-refractivity contribution in [2.24, 2.45) is 5.73 Å². The second-order valence-corrected chi connectivity index (χ2v) is 6.41. The number of hydrogen-bond acceptors (Lipinski definition) is 3. The van der Waals surface area contributed by atoms with Gasteiger partial charge in [0.2, 0.25) is 5.91 Å². The first-order valence-corrected chi connectivity index (χ1v) is 8.32. The number of aryl methyl sites for hydroxylation is 1. The molecule has 112 valence electrons. The Morgan fingerprint density at radius 3 is 2.70 bits per heavy atom. The molecule has 0 bridgehead atoms. The van der Waals surface area contributed by atoms with Gasteiger partial charge in [0.15, 0.2) is 0 Å². The van der Waals surface area contributed by atoms with Crippen LogP contribution in [-0.2, 0) is 10.5 Å². The molecule has 0 fully saturated rings. The van der Waals surface area contributed by atoms with Crippen LogP contribution in [0.3, 0.4) is 0 Å². The van der Waals surface area contributed by atoms with Crippen LogP contribution in [0.15, 0.2) is 24.3 Å². The van der Waals surface area contributed by atoms with Crippen LogP contribution in [0.5, 0.6) is 0 Å². The Balaban J connectivity index is 2.31. The topological polar surface area (TPSA) is 55.1 Å². The second kappa shape index (κ2) is 8.32. The fraction of sp³-hybridized carbons (Fsp3) is 0.562. The first-order valence-electron chi connectivity index (χ1n) is 7.17. The molecule has 0 radical (unpaired) electrons. The maximum absolute atomic E-state index is 11.5. The van der Waals surface area contributed by atoms with Gasteiger partial charge >= 0.3 is 0 Å². The number of nitrogens with one attached hydrogen (secondary N) is 1. The Morgan fingerprint density at radius 2 is 2.10 bits per heavy atom. The van der Waals surface area contributed by atoms with Crippen LogP contribution < -0.4 is 11.1 Å². The van der Waals surface area contributed by atoms with Crippen LogP contribution in [0.25, 0.3) is 0 Å². The van der Waals surface area contributed by atoms with Gasteiger partial charge in [-0.25, -0.2) is 0 Å². The fourth-order valence-electron chi connectivity index (χ4n) is 2.17. The van der Waals surface area contributed by atoms with Gasteiger partial charge in [-0.3, -0.25) is 4.79 Å². The molecule has 0 aliphatic carbocycles. The number of hydrogen-bond donors (Lipinski definition) is 2. The highest BCUT2D eigenvalue weighted by Gasteiger charge is 2.28. The third kappa shape index (κ3) is 5.17. The van der Waals surface area contributed by atoms with Crippen molar-refractivity contribution >= 4 is 17.7 Å².